The standard InChI is InChI=1S/C25H25FN2O3/c1-14-10-15(2)23-18(11-14)22(29)20-21(17-7-3-4-8-19(17)26)28(25(30)24(20)31-23)13-16-6-5-9-27-12-16/h3-9,12,14-15,18,21,23H,10-11,13H2,1-2H3. The molecule has 1 saturated carbocycles. The first kappa shape index (κ1) is 19.9. The molecule has 1 fully saturated rings. The van der Waals surface area contributed by atoms with Gasteiger partial charge in [0.25, 0.3) is 5.91 Å². The predicted molar refractivity (Wildman–Crippen MR) is 112 cm³/mol. The van der Waals surface area contributed by atoms with Crippen molar-refractivity contribution in [1.82, 2.24) is 9.88 Å². The molecule has 31 heavy (non-hydrogen) atoms. The number of aromatic nitrogens is 1. The average molecular weight is 420 g/mol. The maximum atomic E-state index is 14.9. The molecule has 0 saturated heterocycles. The van der Waals surface area contributed by atoms with Gasteiger partial charge in [-0.25, -0.2) is 4.39 Å². The molecule has 0 spiro atoms. The van der Waals surface area contributed by atoms with Gasteiger partial charge in [0.05, 0.1) is 17.5 Å². The van der Waals surface area contributed by atoms with E-state index in [1.165, 1.54) is 6.07 Å². The predicted octanol–water partition coefficient (Wildman–Crippen LogP) is 4.21. The Bertz CT molecular complexity index is 1070. The van der Waals surface area contributed by atoms with Crippen molar-refractivity contribution in [2.45, 2.75) is 45.4 Å². The minimum Gasteiger partial charge on any atom is -0.483 e. The number of carbonyl (C=O) groups excluding carboxylic acids is 2. The normalized spacial score (nSPS) is 30.2. The summed E-state index contributed by atoms with van der Waals surface area (Å²) >= 11 is 0. The number of Topliss-reactive ketones (excluding diaryl/α,β-unsaturated/α-hetero) is 1. The van der Waals surface area contributed by atoms with Gasteiger partial charge in [0, 0.05) is 24.5 Å². The van der Waals surface area contributed by atoms with Crippen molar-refractivity contribution in [1.29, 1.82) is 0 Å². The molecule has 160 valence electrons. The maximum Gasteiger partial charge on any atom is 0.290 e. The van der Waals surface area contributed by atoms with Gasteiger partial charge in [0.2, 0.25) is 0 Å². The Labute approximate surface area is 180 Å². The number of hydrogen-bond acceptors (Lipinski definition) is 4. The zero-order valence-corrected chi connectivity index (χ0v) is 17.6. The Kier molecular flexibility index (Phi) is 4.88. The third-order valence-electron chi connectivity index (χ3n) is 6.80. The van der Waals surface area contributed by atoms with Crippen LogP contribution in [0, 0.1) is 23.6 Å². The number of rotatable bonds is 3. The summed E-state index contributed by atoms with van der Waals surface area (Å²) in [5.41, 5.74) is 1.43. The number of ether oxygens (including phenoxy) is 1. The molecule has 3 heterocycles. The molecule has 2 aliphatic heterocycles. The van der Waals surface area contributed by atoms with Crippen LogP contribution in [-0.2, 0) is 20.9 Å². The highest BCUT2D eigenvalue weighted by Gasteiger charge is 2.54. The average Bonchev–Trinajstić information content (AvgIpc) is 3.02. The molecular weight excluding hydrogens is 395 g/mol. The largest absolute Gasteiger partial charge is 0.483 e. The summed E-state index contributed by atoms with van der Waals surface area (Å²) in [5.74, 6) is -0.474. The fourth-order valence-electron chi connectivity index (χ4n) is 5.49. The van der Waals surface area contributed by atoms with E-state index in [1.807, 2.05) is 6.07 Å². The number of hydrogen-bond donors (Lipinski definition) is 0. The topological polar surface area (TPSA) is 59.5 Å². The van der Waals surface area contributed by atoms with Crippen molar-refractivity contribution >= 4 is 11.7 Å². The first-order valence-electron chi connectivity index (χ1n) is 10.8. The molecule has 3 aliphatic rings. The van der Waals surface area contributed by atoms with Gasteiger partial charge >= 0.3 is 0 Å². The van der Waals surface area contributed by atoms with Crippen LogP contribution in [-0.4, -0.2) is 27.7 Å². The van der Waals surface area contributed by atoms with Crippen LogP contribution < -0.4 is 0 Å². The maximum absolute atomic E-state index is 14.9. The van der Waals surface area contributed by atoms with Crippen molar-refractivity contribution in [3.05, 3.63) is 77.1 Å². The summed E-state index contributed by atoms with van der Waals surface area (Å²) < 4.78 is 21.1. The van der Waals surface area contributed by atoms with Crippen LogP contribution in [0.3, 0.4) is 0 Å². The zero-order chi connectivity index (χ0) is 21.7. The van der Waals surface area contributed by atoms with Crippen molar-refractivity contribution < 1.29 is 18.7 Å². The molecule has 5 nitrogen and oxygen atoms in total. The minimum absolute atomic E-state index is 0.0695. The van der Waals surface area contributed by atoms with Crippen molar-refractivity contribution in [2.75, 3.05) is 0 Å². The Hall–Kier alpha value is -3.02. The number of nitrogens with zero attached hydrogens (tertiary/aromatic N) is 2. The van der Waals surface area contributed by atoms with Gasteiger partial charge in [-0.1, -0.05) is 38.1 Å². The monoisotopic (exact) mass is 420 g/mol. The number of pyridine rings is 1. The molecule has 0 radical (unpaired) electrons. The van der Waals surface area contributed by atoms with Crippen LogP contribution in [0.1, 0.15) is 43.9 Å². The Morgan fingerprint density at radius 1 is 1.13 bits per heavy atom. The lowest BCUT2D eigenvalue weighted by molar-refractivity contribution is -0.139. The highest BCUT2D eigenvalue weighted by Crippen LogP contribution is 2.49. The number of carbonyl (C=O) groups is 2. The van der Waals surface area contributed by atoms with Gasteiger partial charge in [0.15, 0.2) is 11.5 Å². The van der Waals surface area contributed by atoms with E-state index in [4.69, 9.17) is 4.74 Å². The van der Waals surface area contributed by atoms with E-state index in [0.717, 1.165) is 18.4 Å². The van der Waals surface area contributed by atoms with Gasteiger partial charge < -0.3 is 9.64 Å². The molecule has 6 heteroatoms. The van der Waals surface area contributed by atoms with Gasteiger partial charge in [0.1, 0.15) is 11.9 Å². The second kappa shape index (κ2) is 7.59. The quantitative estimate of drug-likeness (QED) is 0.747. The second-order valence-corrected chi connectivity index (χ2v) is 9.07. The van der Waals surface area contributed by atoms with Gasteiger partial charge in [-0.3, -0.25) is 14.6 Å². The van der Waals surface area contributed by atoms with Crippen LogP contribution >= 0.6 is 0 Å². The van der Waals surface area contributed by atoms with E-state index in [9.17, 15) is 14.0 Å². The SMILES string of the molecule is CC1CC(C)C2OC3=C(C(=O)C2C1)C(c1ccccc1F)N(Cc1cccnc1)C3=O. The van der Waals surface area contributed by atoms with E-state index in [2.05, 4.69) is 18.8 Å². The van der Waals surface area contributed by atoms with Gasteiger partial charge in [-0.15, -0.1) is 0 Å². The van der Waals surface area contributed by atoms with Gasteiger partial charge in [-0.2, -0.15) is 0 Å². The lowest BCUT2D eigenvalue weighted by Gasteiger charge is -2.41. The number of benzene rings is 1. The van der Waals surface area contributed by atoms with Crippen LogP contribution in [0.5, 0.6) is 0 Å². The first-order chi connectivity index (χ1) is 15.0. The smallest absolute Gasteiger partial charge is 0.290 e. The Morgan fingerprint density at radius 3 is 2.68 bits per heavy atom. The van der Waals surface area contributed by atoms with E-state index >= 15 is 0 Å². The summed E-state index contributed by atoms with van der Waals surface area (Å²) in [6.07, 6.45) is 4.72. The van der Waals surface area contributed by atoms with E-state index in [0.29, 0.717) is 17.1 Å². The zero-order valence-electron chi connectivity index (χ0n) is 17.6. The number of ketones is 1. The number of halogens is 1. The van der Waals surface area contributed by atoms with Crippen molar-refractivity contribution in [2.24, 2.45) is 17.8 Å². The molecule has 2 aromatic rings. The van der Waals surface area contributed by atoms with E-state index in [1.54, 1.807) is 41.6 Å². The van der Waals surface area contributed by atoms with Crippen LogP contribution in [0.15, 0.2) is 60.1 Å². The summed E-state index contributed by atoms with van der Waals surface area (Å²) in [4.78, 5) is 32.9. The first-order valence-corrected chi connectivity index (χ1v) is 10.8. The molecule has 0 N–H and O–H groups in total. The molecule has 1 aromatic heterocycles. The molecular formula is C25H25FN2O3. The summed E-state index contributed by atoms with van der Waals surface area (Å²) in [5, 5.41) is 0. The van der Waals surface area contributed by atoms with Crippen LogP contribution in [0.25, 0.3) is 0 Å². The molecule has 5 atom stereocenters. The van der Waals surface area contributed by atoms with Crippen molar-refractivity contribution in [3.63, 3.8) is 0 Å². The number of fused-ring (bicyclic) bond motifs is 1. The summed E-state index contributed by atoms with van der Waals surface area (Å²) in [7, 11) is 0. The Balaban J connectivity index is 1.61. The van der Waals surface area contributed by atoms with Crippen molar-refractivity contribution in [3.8, 4) is 0 Å². The van der Waals surface area contributed by atoms with E-state index in [-0.39, 0.29) is 41.9 Å². The molecule has 5 rings (SSSR count). The lowest BCUT2D eigenvalue weighted by Crippen LogP contribution is -2.45. The second-order valence-electron chi connectivity index (χ2n) is 9.07. The third kappa shape index (κ3) is 3.25. The lowest BCUT2D eigenvalue weighted by atomic mass is 9.70. The molecule has 1 aromatic carbocycles. The minimum atomic E-state index is -0.801. The van der Waals surface area contributed by atoms with E-state index < -0.39 is 11.9 Å². The number of amides is 1. The third-order valence-corrected chi connectivity index (χ3v) is 6.80. The van der Waals surface area contributed by atoms with Crippen LogP contribution in [0.2, 0.25) is 0 Å². The molecule has 5 unspecified atom stereocenters. The van der Waals surface area contributed by atoms with Gasteiger partial charge in [-0.05, 0) is 42.4 Å². The molecule has 1 aliphatic carbocycles. The molecule has 1 amide bonds. The fraction of sp³-hybridized carbons (Fsp3) is 0.400. The summed E-state index contributed by atoms with van der Waals surface area (Å²) in [6.45, 7) is 4.44. The highest BCUT2D eigenvalue weighted by atomic mass is 19.1. The summed E-state index contributed by atoms with van der Waals surface area (Å²) in [6, 6.07) is 9.20. The van der Waals surface area contributed by atoms with Crippen LogP contribution in [0.4, 0.5) is 4.39 Å². The highest BCUT2D eigenvalue weighted by molar-refractivity contribution is 6.11. The molecule has 0 bridgehead atoms. The Morgan fingerprint density at radius 2 is 1.94 bits per heavy atom. The fourth-order valence-corrected chi connectivity index (χ4v) is 5.49.